The van der Waals surface area contributed by atoms with Crippen molar-refractivity contribution in [3.63, 3.8) is 0 Å². The zero-order valence-corrected chi connectivity index (χ0v) is 41.7. The van der Waals surface area contributed by atoms with Crippen LogP contribution in [0.4, 0.5) is 0 Å². The smallest absolute Gasteiger partial charge is 0.119 e. The fourth-order valence-electron chi connectivity index (χ4n) is 20.7. The molecule has 4 heteroatoms. The Hall–Kier alpha value is -0.610. The molecule has 10 atom stereocenters. The summed E-state index contributed by atoms with van der Waals surface area (Å²) in [5.74, 6) is 7.79. The van der Waals surface area contributed by atoms with E-state index in [0.29, 0.717) is 22.9 Å². The van der Waals surface area contributed by atoms with Gasteiger partial charge in [-0.25, -0.2) is 0 Å². The molecule has 63 heavy (non-hydrogen) atoms. The molecule has 0 aromatic heterocycles. The molecule has 10 fully saturated rings. The average molecular weight is 867 g/mol. The first-order chi connectivity index (χ1) is 30.7. The van der Waals surface area contributed by atoms with Gasteiger partial charge in [-0.1, -0.05) is 111 Å². The molecule has 0 spiro atoms. The summed E-state index contributed by atoms with van der Waals surface area (Å²) in [7, 11) is 0. The predicted octanol–water partition coefficient (Wildman–Crippen LogP) is 13.9. The largest absolute Gasteiger partial charge is 0.383 e. The van der Waals surface area contributed by atoms with E-state index in [1.165, 1.54) is 231 Å². The molecule has 2 unspecified atom stereocenters. The number of rotatable bonds is 8. The van der Waals surface area contributed by atoms with Crippen LogP contribution in [0.15, 0.2) is 5.10 Å². The van der Waals surface area contributed by atoms with Gasteiger partial charge in [0, 0.05) is 48.3 Å². The van der Waals surface area contributed by atoms with Gasteiger partial charge in [0.2, 0.25) is 0 Å². The van der Waals surface area contributed by atoms with Gasteiger partial charge in [-0.3, -0.25) is 5.01 Å². The maximum Gasteiger partial charge on any atom is 0.119 e. The minimum Gasteiger partial charge on any atom is -0.383 e. The van der Waals surface area contributed by atoms with Crippen LogP contribution in [0.1, 0.15) is 258 Å². The number of fused-ring (bicyclic) bond motifs is 5. The number of quaternary nitrogens is 1. The van der Waals surface area contributed by atoms with Crippen molar-refractivity contribution < 1.29 is 10.0 Å². The maximum atomic E-state index is 13.7. The van der Waals surface area contributed by atoms with Gasteiger partial charge in [0.05, 0.1) is 18.1 Å². The van der Waals surface area contributed by atoms with Crippen molar-refractivity contribution in [1.29, 1.82) is 0 Å². The molecule has 2 aliphatic heterocycles. The molecule has 9 saturated carbocycles. The molecule has 11 aliphatic rings. The minimum atomic E-state index is -0.488. The van der Waals surface area contributed by atoms with Crippen LogP contribution in [0.3, 0.4) is 0 Å². The van der Waals surface area contributed by atoms with E-state index in [-0.39, 0.29) is 5.41 Å². The highest BCUT2D eigenvalue weighted by atomic mass is 16.3. The Morgan fingerprint density at radius 3 is 1.70 bits per heavy atom. The fourth-order valence-corrected chi connectivity index (χ4v) is 20.7. The summed E-state index contributed by atoms with van der Waals surface area (Å²) in [6.07, 6.45) is 53.1. The first kappa shape index (κ1) is 44.9. The molecule has 9 aliphatic carbocycles. The lowest BCUT2D eigenvalue weighted by Crippen LogP contribution is -3.23. The molecule has 1 saturated heterocycles. The number of nitrogens with zero attached hydrogens (tertiary/aromatic N) is 2. The van der Waals surface area contributed by atoms with E-state index in [4.69, 9.17) is 5.10 Å². The zero-order valence-electron chi connectivity index (χ0n) is 41.7. The quantitative estimate of drug-likeness (QED) is 0.255. The highest BCUT2D eigenvalue weighted by molar-refractivity contribution is 5.88. The second-order valence-electron chi connectivity index (χ2n) is 27.2. The molecule has 0 amide bonds. The van der Waals surface area contributed by atoms with Crippen molar-refractivity contribution in [2.75, 3.05) is 6.54 Å². The number of aliphatic hydroxyl groups is 1. The van der Waals surface area contributed by atoms with Gasteiger partial charge in [0.25, 0.3) is 0 Å². The number of hydrazone groups is 1. The summed E-state index contributed by atoms with van der Waals surface area (Å²) in [5.41, 5.74) is 2.34. The molecule has 4 nitrogen and oxygen atoms in total. The molecule has 2 N–H and O–H groups in total. The molecule has 0 aromatic carbocycles. The molecule has 2 heterocycles. The SMILES string of the molecule is C[C@]12CCCC[C@]1(C)[C@H]1CC[C@@]3(C)[C@H](CC[C@@]3(O)C[NH+]3C(C4CCCCC4)CC(C4CCC(N5N=C(C6CCCCC6)C[C@H]5C5CCCCC5)CC4)CC3C3CCCCC3)[C@@H]1CC2. The van der Waals surface area contributed by atoms with Gasteiger partial charge in [0.1, 0.15) is 12.1 Å². The molecule has 11 rings (SSSR count). The molecule has 0 radical (unpaired) electrons. The summed E-state index contributed by atoms with van der Waals surface area (Å²) in [5, 5.41) is 22.3. The van der Waals surface area contributed by atoms with Crippen molar-refractivity contribution >= 4 is 5.71 Å². The Kier molecular flexibility index (Phi) is 13.1. The third-order valence-electron chi connectivity index (χ3n) is 24.7. The Morgan fingerprint density at radius 2 is 1.06 bits per heavy atom. The Bertz CT molecular complexity index is 1530. The summed E-state index contributed by atoms with van der Waals surface area (Å²) in [4.78, 5) is 1.98. The van der Waals surface area contributed by atoms with E-state index >= 15 is 0 Å². The molecular formula is C59H100N3O+. The van der Waals surface area contributed by atoms with E-state index < -0.39 is 5.60 Å². The minimum absolute atomic E-state index is 0.105. The summed E-state index contributed by atoms with van der Waals surface area (Å²) < 4.78 is 0. The predicted molar refractivity (Wildman–Crippen MR) is 262 cm³/mol. The van der Waals surface area contributed by atoms with Crippen LogP contribution in [-0.4, -0.2) is 52.1 Å². The third-order valence-corrected chi connectivity index (χ3v) is 24.7. The van der Waals surface area contributed by atoms with Crippen LogP contribution in [-0.2, 0) is 0 Å². The van der Waals surface area contributed by atoms with Crippen molar-refractivity contribution in [1.82, 2.24) is 5.01 Å². The third kappa shape index (κ3) is 8.11. The topological polar surface area (TPSA) is 40.3 Å². The molecule has 356 valence electrons. The summed E-state index contributed by atoms with van der Waals surface area (Å²) >= 11 is 0. The van der Waals surface area contributed by atoms with E-state index in [2.05, 4.69) is 25.8 Å². The zero-order chi connectivity index (χ0) is 42.8. The van der Waals surface area contributed by atoms with Crippen molar-refractivity contribution in [2.45, 2.75) is 288 Å². The van der Waals surface area contributed by atoms with Gasteiger partial charge in [0.15, 0.2) is 0 Å². The summed E-state index contributed by atoms with van der Waals surface area (Å²) in [6, 6.07) is 2.98. The lowest BCUT2D eigenvalue weighted by Gasteiger charge is -2.65. The van der Waals surface area contributed by atoms with Gasteiger partial charge < -0.3 is 10.0 Å². The highest BCUT2D eigenvalue weighted by Gasteiger charge is 2.68. The number of piperidine rings is 1. The van der Waals surface area contributed by atoms with Crippen LogP contribution >= 0.6 is 0 Å². The molecule has 0 aromatic rings. The summed E-state index contributed by atoms with van der Waals surface area (Å²) in [6.45, 7) is 9.24. The lowest BCUT2D eigenvalue weighted by molar-refractivity contribution is -0.971. The number of nitrogens with one attached hydrogen (secondary N) is 1. The number of hydrogen-bond donors (Lipinski definition) is 2. The Morgan fingerprint density at radius 1 is 0.508 bits per heavy atom. The van der Waals surface area contributed by atoms with Gasteiger partial charge in [-0.15, -0.1) is 0 Å². The van der Waals surface area contributed by atoms with Crippen LogP contribution in [0.5, 0.6) is 0 Å². The Labute approximate surface area is 388 Å². The van der Waals surface area contributed by atoms with E-state index in [0.717, 1.165) is 78.3 Å². The number of hydrogen-bond acceptors (Lipinski definition) is 3. The maximum absolute atomic E-state index is 13.7. The van der Waals surface area contributed by atoms with Gasteiger partial charge >= 0.3 is 0 Å². The fraction of sp³-hybridized carbons (Fsp3) is 0.983. The van der Waals surface area contributed by atoms with Crippen LogP contribution in [0, 0.1) is 69.5 Å². The first-order valence-electron chi connectivity index (χ1n) is 29.6. The normalized spacial score (nSPS) is 48.6. The Balaban J connectivity index is 0.830. The second kappa shape index (κ2) is 18.4. The van der Waals surface area contributed by atoms with Crippen LogP contribution < -0.4 is 4.90 Å². The number of likely N-dealkylation sites (tertiary alicyclic amines) is 1. The van der Waals surface area contributed by atoms with Crippen molar-refractivity contribution in [2.24, 2.45) is 74.6 Å². The lowest BCUT2D eigenvalue weighted by atomic mass is 9.40. The standard InChI is InChI=1S/C59H99N3O/c1-56-33-16-17-34-57(56,2)50-31-36-58(3)51(49(50)30-35-56)32-37-59(58,63)41-61-53(44-20-10-5-11-21-44)38-47(39-54(61)45-22-12-6-13-23-45)42-26-28-48(29-27-42)62-55(46-24-14-7-15-25-46)40-52(60-62)43-18-8-4-9-19-43/h42-51,53-55,63H,4-41H2,1-3H3/p+1/t42?,47?,48?,49-,50+,51-,53?,54?,55+,56-,57-,58+,59-/m1/s1. The average Bonchev–Trinajstić information content (AvgIpc) is 3.89. The van der Waals surface area contributed by atoms with E-state index in [1.54, 1.807) is 5.71 Å². The van der Waals surface area contributed by atoms with Crippen LogP contribution in [0.25, 0.3) is 0 Å². The van der Waals surface area contributed by atoms with Crippen molar-refractivity contribution in [3.05, 3.63) is 0 Å². The van der Waals surface area contributed by atoms with Crippen molar-refractivity contribution in [3.8, 4) is 0 Å². The molecular weight excluding hydrogens is 767 g/mol. The van der Waals surface area contributed by atoms with Gasteiger partial charge in [-0.2, -0.15) is 5.10 Å². The molecule has 0 bridgehead atoms. The van der Waals surface area contributed by atoms with E-state index in [1.807, 2.05) is 4.90 Å². The second-order valence-corrected chi connectivity index (χ2v) is 27.2. The van der Waals surface area contributed by atoms with E-state index in [9.17, 15) is 5.11 Å². The highest BCUT2D eigenvalue weighted by Crippen LogP contribution is 2.71. The van der Waals surface area contributed by atoms with Gasteiger partial charge in [-0.05, 0) is 181 Å². The monoisotopic (exact) mass is 867 g/mol. The van der Waals surface area contributed by atoms with Crippen LogP contribution in [0.2, 0.25) is 0 Å². The first-order valence-corrected chi connectivity index (χ1v) is 29.6.